The van der Waals surface area contributed by atoms with E-state index in [1.54, 1.807) is 17.0 Å². The van der Waals surface area contributed by atoms with E-state index >= 15 is 0 Å². The van der Waals surface area contributed by atoms with Gasteiger partial charge in [0.05, 0.1) is 19.0 Å². The first-order valence-electron chi connectivity index (χ1n) is 9.72. The summed E-state index contributed by atoms with van der Waals surface area (Å²) in [5.41, 5.74) is 0.775. The van der Waals surface area contributed by atoms with Crippen molar-refractivity contribution in [3.63, 3.8) is 0 Å². The average molecular weight is 414 g/mol. The highest BCUT2D eigenvalue weighted by molar-refractivity contribution is 7.87. The van der Waals surface area contributed by atoms with Gasteiger partial charge in [0, 0.05) is 26.1 Å². The van der Waals surface area contributed by atoms with Crippen LogP contribution in [-0.2, 0) is 26.2 Å². The highest BCUT2D eigenvalue weighted by Crippen LogP contribution is 2.30. The summed E-state index contributed by atoms with van der Waals surface area (Å²) in [7, 11) is -2.23. The number of ether oxygens (including phenoxy) is 2. The van der Waals surface area contributed by atoms with Crippen LogP contribution in [0.4, 0.5) is 0 Å². The van der Waals surface area contributed by atoms with Crippen molar-refractivity contribution in [3.8, 4) is 11.5 Å². The van der Waals surface area contributed by atoms with Gasteiger partial charge in [0.1, 0.15) is 0 Å². The standard InChI is InChI=1S/C20H31NO6S/c1-5-28(23,24)27-19-12-16(8-9-18(19)25-4)13-21(20(22)11-15(2)3)14-17-7-6-10-26-17/h8-9,12,15,17H,5-7,10-11,13-14H2,1-4H3. The Morgan fingerprint density at radius 2 is 2.07 bits per heavy atom. The molecule has 0 aliphatic carbocycles. The fourth-order valence-corrected chi connectivity index (χ4v) is 3.59. The second-order valence-corrected chi connectivity index (χ2v) is 9.28. The molecule has 1 atom stereocenters. The molecule has 28 heavy (non-hydrogen) atoms. The lowest BCUT2D eigenvalue weighted by Gasteiger charge is -2.26. The van der Waals surface area contributed by atoms with Crippen molar-refractivity contribution in [2.24, 2.45) is 5.92 Å². The summed E-state index contributed by atoms with van der Waals surface area (Å²) in [4.78, 5) is 14.5. The van der Waals surface area contributed by atoms with Gasteiger partial charge in [0.25, 0.3) is 0 Å². The van der Waals surface area contributed by atoms with E-state index in [0.717, 1.165) is 25.0 Å². The zero-order valence-corrected chi connectivity index (χ0v) is 18.0. The first kappa shape index (κ1) is 22.5. The quantitative estimate of drug-likeness (QED) is 0.549. The van der Waals surface area contributed by atoms with E-state index in [2.05, 4.69) is 0 Å². The van der Waals surface area contributed by atoms with Gasteiger partial charge in [-0.1, -0.05) is 19.9 Å². The van der Waals surface area contributed by atoms with E-state index in [9.17, 15) is 13.2 Å². The number of amides is 1. The van der Waals surface area contributed by atoms with Gasteiger partial charge in [0.15, 0.2) is 11.5 Å². The molecule has 1 aliphatic heterocycles. The number of methoxy groups -OCH3 is 1. The zero-order valence-electron chi connectivity index (χ0n) is 17.1. The van der Waals surface area contributed by atoms with Crippen LogP contribution in [-0.4, -0.2) is 51.3 Å². The van der Waals surface area contributed by atoms with E-state index in [0.29, 0.717) is 25.3 Å². The van der Waals surface area contributed by atoms with Crippen molar-refractivity contribution in [3.05, 3.63) is 23.8 Å². The Labute approximate surface area is 168 Å². The summed E-state index contributed by atoms with van der Waals surface area (Å²) < 4.78 is 39.8. The molecule has 1 aromatic carbocycles. The molecule has 0 N–H and O–H groups in total. The molecule has 1 heterocycles. The number of carbonyl (C=O) groups excluding carboxylic acids is 1. The predicted octanol–water partition coefficient (Wildman–Crippen LogP) is 2.98. The summed E-state index contributed by atoms with van der Waals surface area (Å²) in [6, 6.07) is 5.10. The maximum Gasteiger partial charge on any atom is 0.309 e. The Kier molecular flexibility index (Phi) is 8.12. The molecule has 1 amide bonds. The van der Waals surface area contributed by atoms with Crippen molar-refractivity contribution < 1.29 is 26.9 Å². The first-order valence-corrected chi connectivity index (χ1v) is 11.3. The molecule has 1 fully saturated rings. The number of nitrogens with zero attached hydrogens (tertiary/aromatic N) is 1. The number of rotatable bonds is 10. The molecule has 7 nitrogen and oxygen atoms in total. The molecular weight excluding hydrogens is 382 g/mol. The zero-order chi connectivity index (χ0) is 20.7. The molecular formula is C20H31NO6S. The van der Waals surface area contributed by atoms with Gasteiger partial charge >= 0.3 is 10.1 Å². The monoisotopic (exact) mass is 413 g/mol. The fourth-order valence-electron chi connectivity index (χ4n) is 3.07. The molecule has 0 saturated carbocycles. The van der Waals surface area contributed by atoms with Crippen LogP contribution in [0.1, 0.15) is 45.6 Å². The average Bonchev–Trinajstić information content (AvgIpc) is 3.13. The van der Waals surface area contributed by atoms with E-state index < -0.39 is 10.1 Å². The van der Waals surface area contributed by atoms with Gasteiger partial charge in [0.2, 0.25) is 5.91 Å². The van der Waals surface area contributed by atoms with Gasteiger partial charge in [-0.3, -0.25) is 4.79 Å². The number of benzene rings is 1. The minimum Gasteiger partial charge on any atom is -0.493 e. The molecule has 0 spiro atoms. The van der Waals surface area contributed by atoms with E-state index in [1.807, 2.05) is 19.9 Å². The van der Waals surface area contributed by atoms with Crippen molar-refractivity contribution in [2.75, 3.05) is 26.0 Å². The third-order valence-corrected chi connectivity index (χ3v) is 5.70. The van der Waals surface area contributed by atoms with Crippen LogP contribution < -0.4 is 8.92 Å². The number of hydrogen-bond donors (Lipinski definition) is 0. The topological polar surface area (TPSA) is 82.1 Å². The minimum absolute atomic E-state index is 0.0468. The number of carbonyl (C=O) groups is 1. The van der Waals surface area contributed by atoms with Gasteiger partial charge in [-0.2, -0.15) is 8.42 Å². The van der Waals surface area contributed by atoms with Crippen LogP contribution in [0, 0.1) is 5.92 Å². The van der Waals surface area contributed by atoms with Gasteiger partial charge in [-0.15, -0.1) is 0 Å². The van der Waals surface area contributed by atoms with E-state index in [-0.39, 0.29) is 29.4 Å². The van der Waals surface area contributed by atoms with Crippen molar-refractivity contribution in [2.45, 2.75) is 52.7 Å². The van der Waals surface area contributed by atoms with Crippen LogP contribution >= 0.6 is 0 Å². The Bertz CT molecular complexity index is 756. The molecule has 0 radical (unpaired) electrons. The Hall–Kier alpha value is -1.80. The molecule has 0 bridgehead atoms. The second kappa shape index (κ2) is 10.1. The molecule has 1 aliphatic rings. The summed E-state index contributed by atoms with van der Waals surface area (Å²) in [5, 5.41) is 0. The van der Waals surface area contributed by atoms with Crippen LogP contribution in [0.3, 0.4) is 0 Å². The van der Waals surface area contributed by atoms with Gasteiger partial charge in [-0.25, -0.2) is 0 Å². The van der Waals surface area contributed by atoms with E-state index in [1.165, 1.54) is 14.0 Å². The summed E-state index contributed by atoms with van der Waals surface area (Å²) in [6.07, 6.45) is 2.45. The SMILES string of the molecule is CCS(=O)(=O)Oc1cc(CN(CC2CCCO2)C(=O)CC(C)C)ccc1OC. The molecule has 158 valence electrons. The highest BCUT2D eigenvalue weighted by atomic mass is 32.2. The van der Waals surface area contributed by atoms with Crippen LogP contribution in [0.15, 0.2) is 18.2 Å². The Balaban J connectivity index is 2.22. The van der Waals surface area contributed by atoms with Crippen molar-refractivity contribution in [1.29, 1.82) is 0 Å². The third-order valence-electron chi connectivity index (χ3n) is 4.56. The van der Waals surface area contributed by atoms with Crippen molar-refractivity contribution in [1.82, 2.24) is 4.90 Å². The largest absolute Gasteiger partial charge is 0.493 e. The second-order valence-electron chi connectivity index (χ2n) is 7.42. The maximum absolute atomic E-state index is 12.7. The Morgan fingerprint density at radius 1 is 1.32 bits per heavy atom. The van der Waals surface area contributed by atoms with Gasteiger partial charge < -0.3 is 18.6 Å². The minimum atomic E-state index is -3.68. The van der Waals surface area contributed by atoms with Crippen LogP contribution in [0.2, 0.25) is 0 Å². The van der Waals surface area contributed by atoms with Crippen LogP contribution in [0.25, 0.3) is 0 Å². The lowest BCUT2D eigenvalue weighted by atomic mass is 10.1. The van der Waals surface area contributed by atoms with Crippen LogP contribution in [0.5, 0.6) is 11.5 Å². The first-order chi connectivity index (χ1) is 13.2. The molecule has 2 rings (SSSR count). The maximum atomic E-state index is 12.7. The summed E-state index contributed by atoms with van der Waals surface area (Å²) in [5.74, 6) is 0.641. The van der Waals surface area contributed by atoms with Crippen molar-refractivity contribution >= 4 is 16.0 Å². The molecule has 8 heteroatoms. The predicted molar refractivity (Wildman–Crippen MR) is 107 cm³/mol. The Morgan fingerprint density at radius 3 is 2.64 bits per heavy atom. The molecule has 1 saturated heterocycles. The third kappa shape index (κ3) is 6.67. The lowest BCUT2D eigenvalue weighted by molar-refractivity contribution is -0.134. The highest BCUT2D eigenvalue weighted by Gasteiger charge is 2.24. The lowest BCUT2D eigenvalue weighted by Crippen LogP contribution is -2.37. The van der Waals surface area contributed by atoms with Gasteiger partial charge in [-0.05, 0) is 43.4 Å². The number of hydrogen-bond acceptors (Lipinski definition) is 6. The smallest absolute Gasteiger partial charge is 0.309 e. The molecule has 0 aromatic heterocycles. The van der Waals surface area contributed by atoms with E-state index in [4.69, 9.17) is 13.7 Å². The fraction of sp³-hybridized carbons (Fsp3) is 0.650. The summed E-state index contributed by atoms with van der Waals surface area (Å²) in [6.45, 7) is 7.15. The summed E-state index contributed by atoms with van der Waals surface area (Å²) >= 11 is 0. The normalized spacial score (nSPS) is 17.0. The molecule has 1 aromatic rings. The molecule has 1 unspecified atom stereocenters.